The SMILES string of the molecule is O=C(NCc1ccccc1Cn1cccn1)c1cnc(Cl)c(Cl)c1. The highest BCUT2D eigenvalue weighted by Crippen LogP contribution is 2.19. The highest BCUT2D eigenvalue weighted by molar-refractivity contribution is 6.41. The maximum Gasteiger partial charge on any atom is 0.253 e. The molecule has 1 N–H and O–H groups in total. The Labute approximate surface area is 149 Å². The van der Waals surface area contributed by atoms with E-state index in [4.69, 9.17) is 23.2 Å². The Morgan fingerprint density at radius 2 is 1.96 bits per heavy atom. The van der Waals surface area contributed by atoms with Crippen molar-refractivity contribution in [2.45, 2.75) is 13.1 Å². The lowest BCUT2D eigenvalue weighted by atomic mass is 10.1. The van der Waals surface area contributed by atoms with E-state index < -0.39 is 0 Å². The van der Waals surface area contributed by atoms with Gasteiger partial charge in [0, 0.05) is 25.1 Å². The van der Waals surface area contributed by atoms with Gasteiger partial charge in [0.25, 0.3) is 5.91 Å². The number of rotatable bonds is 5. The monoisotopic (exact) mass is 360 g/mol. The van der Waals surface area contributed by atoms with Crippen molar-refractivity contribution in [2.24, 2.45) is 0 Å². The normalized spacial score (nSPS) is 10.6. The fourth-order valence-corrected chi connectivity index (χ4v) is 2.55. The molecule has 5 nitrogen and oxygen atoms in total. The molecule has 7 heteroatoms. The van der Waals surface area contributed by atoms with E-state index in [-0.39, 0.29) is 16.1 Å². The molecule has 122 valence electrons. The van der Waals surface area contributed by atoms with Crippen LogP contribution in [0.15, 0.2) is 55.0 Å². The number of nitrogens with zero attached hydrogens (tertiary/aromatic N) is 3. The van der Waals surface area contributed by atoms with Crippen molar-refractivity contribution >= 4 is 29.1 Å². The third-order valence-electron chi connectivity index (χ3n) is 3.51. The predicted molar refractivity (Wildman–Crippen MR) is 93.2 cm³/mol. The van der Waals surface area contributed by atoms with Crippen LogP contribution in [0.4, 0.5) is 0 Å². The molecular formula is C17H14Cl2N4O. The molecule has 0 unspecified atom stereocenters. The van der Waals surface area contributed by atoms with Crippen LogP contribution in [0.3, 0.4) is 0 Å². The van der Waals surface area contributed by atoms with Crippen LogP contribution in [0.1, 0.15) is 21.5 Å². The van der Waals surface area contributed by atoms with E-state index in [1.54, 1.807) is 6.20 Å². The summed E-state index contributed by atoms with van der Waals surface area (Å²) in [5.41, 5.74) is 2.48. The first-order valence-electron chi connectivity index (χ1n) is 7.27. The molecule has 0 aliphatic rings. The number of amides is 1. The van der Waals surface area contributed by atoms with Crippen LogP contribution in [0.5, 0.6) is 0 Å². The molecule has 3 rings (SSSR count). The van der Waals surface area contributed by atoms with Crippen LogP contribution in [-0.2, 0) is 13.1 Å². The minimum atomic E-state index is -0.255. The third kappa shape index (κ3) is 3.93. The zero-order chi connectivity index (χ0) is 16.9. The summed E-state index contributed by atoms with van der Waals surface area (Å²) in [7, 11) is 0. The molecule has 0 saturated carbocycles. The van der Waals surface area contributed by atoms with E-state index in [1.165, 1.54) is 12.3 Å². The summed E-state index contributed by atoms with van der Waals surface area (Å²) in [6, 6.07) is 11.3. The molecule has 2 aromatic heterocycles. The van der Waals surface area contributed by atoms with Gasteiger partial charge in [-0.3, -0.25) is 9.48 Å². The summed E-state index contributed by atoms with van der Waals surface area (Å²) in [5, 5.41) is 7.51. The average Bonchev–Trinajstić information content (AvgIpc) is 3.09. The minimum absolute atomic E-state index is 0.179. The molecule has 0 atom stereocenters. The first-order chi connectivity index (χ1) is 11.6. The van der Waals surface area contributed by atoms with Gasteiger partial charge in [-0.25, -0.2) is 4.98 Å². The Balaban J connectivity index is 1.70. The molecule has 1 aromatic carbocycles. The summed E-state index contributed by atoms with van der Waals surface area (Å²) in [6.07, 6.45) is 5.04. The fourth-order valence-electron chi connectivity index (χ4n) is 2.28. The van der Waals surface area contributed by atoms with E-state index in [2.05, 4.69) is 15.4 Å². The Kier molecular flexibility index (Phi) is 5.13. The molecule has 0 saturated heterocycles. The molecule has 0 aliphatic heterocycles. The standard InChI is InChI=1S/C17H14Cl2N4O/c18-15-8-14(10-20-16(15)19)17(24)21-9-12-4-1-2-5-13(12)11-23-7-3-6-22-23/h1-8,10H,9,11H2,(H,21,24). The summed E-state index contributed by atoms with van der Waals surface area (Å²) < 4.78 is 1.84. The second kappa shape index (κ2) is 7.47. The lowest BCUT2D eigenvalue weighted by molar-refractivity contribution is 0.0950. The molecule has 2 heterocycles. The topological polar surface area (TPSA) is 59.8 Å². The molecule has 0 aliphatic carbocycles. The van der Waals surface area contributed by atoms with Gasteiger partial charge in [0.1, 0.15) is 5.15 Å². The Bertz CT molecular complexity index is 850. The van der Waals surface area contributed by atoms with Crippen LogP contribution in [0.2, 0.25) is 10.2 Å². The van der Waals surface area contributed by atoms with E-state index in [9.17, 15) is 4.79 Å². The number of hydrogen-bond donors (Lipinski definition) is 1. The molecule has 0 fully saturated rings. The van der Waals surface area contributed by atoms with Gasteiger partial charge >= 0.3 is 0 Å². The molecule has 24 heavy (non-hydrogen) atoms. The Morgan fingerprint density at radius 1 is 1.17 bits per heavy atom. The first kappa shape index (κ1) is 16.5. The lowest BCUT2D eigenvalue weighted by Gasteiger charge is -2.11. The summed E-state index contributed by atoms with van der Waals surface area (Å²) >= 11 is 11.7. The van der Waals surface area contributed by atoms with Gasteiger partial charge in [0.05, 0.1) is 17.1 Å². The fraction of sp³-hybridized carbons (Fsp3) is 0.118. The van der Waals surface area contributed by atoms with Crippen LogP contribution >= 0.6 is 23.2 Å². The lowest BCUT2D eigenvalue weighted by Crippen LogP contribution is -2.23. The number of aromatic nitrogens is 3. The van der Waals surface area contributed by atoms with Gasteiger partial charge in [-0.1, -0.05) is 47.5 Å². The molecule has 0 bridgehead atoms. The van der Waals surface area contributed by atoms with Crippen molar-refractivity contribution in [3.63, 3.8) is 0 Å². The molecule has 0 spiro atoms. The molecular weight excluding hydrogens is 347 g/mol. The number of pyridine rings is 1. The first-order valence-corrected chi connectivity index (χ1v) is 8.02. The second-order valence-corrected chi connectivity index (χ2v) is 5.92. The van der Waals surface area contributed by atoms with Crippen LogP contribution in [0.25, 0.3) is 0 Å². The number of carbonyl (C=O) groups excluding carboxylic acids is 1. The van der Waals surface area contributed by atoms with Crippen molar-refractivity contribution in [1.29, 1.82) is 0 Å². The highest BCUT2D eigenvalue weighted by Gasteiger charge is 2.10. The number of nitrogens with one attached hydrogen (secondary N) is 1. The highest BCUT2D eigenvalue weighted by atomic mass is 35.5. The van der Waals surface area contributed by atoms with Crippen molar-refractivity contribution in [2.75, 3.05) is 0 Å². The van der Waals surface area contributed by atoms with Gasteiger partial charge in [-0.15, -0.1) is 0 Å². The van der Waals surface area contributed by atoms with Crippen molar-refractivity contribution in [1.82, 2.24) is 20.1 Å². The number of carbonyl (C=O) groups is 1. The van der Waals surface area contributed by atoms with Crippen LogP contribution < -0.4 is 5.32 Å². The van der Waals surface area contributed by atoms with Crippen LogP contribution in [0, 0.1) is 0 Å². The van der Waals surface area contributed by atoms with Gasteiger partial charge in [-0.2, -0.15) is 5.10 Å². The number of halogens is 2. The van der Waals surface area contributed by atoms with Crippen molar-refractivity contribution in [3.05, 3.63) is 81.9 Å². The van der Waals surface area contributed by atoms with E-state index in [0.717, 1.165) is 11.1 Å². The second-order valence-electron chi connectivity index (χ2n) is 5.15. The molecule has 0 radical (unpaired) electrons. The minimum Gasteiger partial charge on any atom is -0.348 e. The maximum absolute atomic E-state index is 12.2. The van der Waals surface area contributed by atoms with Gasteiger partial charge in [-0.05, 0) is 23.3 Å². The smallest absolute Gasteiger partial charge is 0.253 e. The largest absolute Gasteiger partial charge is 0.348 e. The van der Waals surface area contributed by atoms with Gasteiger partial charge in [0.2, 0.25) is 0 Å². The Hall–Kier alpha value is -2.37. The zero-order valence-electron chi connectivity index (χ0n) is 12.6. The predicted octanol–water partition coefficient (Wildman–Crippen LogP) is 3.56. The van der Waals surface area contributed by atoms with Gasteiger partial charge in [0.15, 0.2) is 0 Å². The molecule has 1 amide bonds. The third-order valence-corrected chi connectivity index (χ3v) is 4.19. The maximum atomic E-state index is 12.2. The van der Waals surface area contributed by atoms with Crippen molar-refractivity contribution in [3.8, 4) is 0 Å². The summed E-state index contributed by atoms with van der Waals surface area (Å²) in [6.45, 7) is 1.05. The van der Waals surface area contributed by atoms with E-state index >= 15 is 0 Å². The van der Waals surface area contributed by atoms with E-state index in [0.29, 0.717) is 18.7 Å². The van der Waals surface area contributed by atoms with Crippen LogP contribution in [-0.4, -0.2) is 20.7 Å². The molecule has 3 aromatic rings. The number of benzene rings is 1. The van der Waals surface area contributed by atoms with E-state index in [1.807, 2.05) is 41.2 Å². The quantitative estimate of drug-likeness (QED) is 0.707. The zero-order valence-corrected chi connectivity index (χ0v) is 14.1. The Morgan fingerprint density at radius 3 is 2.67 bits per heavy atom. The number of hydrogen-bond acceptors (Lipinski definition) is 3. The summed E-state index contributed by atoms with van der Waals surface area (Å²) in [4.78, 5) is 16.1. The summed E-state index contributed by atoms with van der Waals surface area (Å²) in [5.74, 6) is -0.255. The average molecular weight is 361 g/mol. The van der Waals surface area contributed by atoms with Crippen molar-refractivity contribution < 1.29 is 4.79 Å². The van der Waals surface area contributed by atoms with Gasteiger partial charge < -0.3 is 5.32 Å².